The molecule has 280 valence electrons. The number of aryl methyl sites for hydroxylation is 1. The molecule has 7 rings (SSSR count). The Morgan fingerprint density at radius 1 is 0.887 bits per heavy atom. The lowest BCUT2D eigenvalue weighted by Gasteiger charge is -2.37. The topological polar surface area (TPSA) is 131 Å². The molecule has 0 spiro atoms. The number of carbonyl (C=O) groups excluding carboxylic acids is 2. The Hall–Kier alpha value is -4.92. The third-order valence-electron chi connectivity index (χ3n) is 10.8. The molecule has 0 bridgehead atoms. The van der Waals surface area contributed by atoms with Gasteiger partial charge in [-0.3, -0.25) is 29.6 Å². The third kappa shape index (κ3) is 8.19. The largest absolute Gasteiger partial charge is 0.496 e. The maximum absolute atomic E-state index is 15.8. The molecule has 3 saturated heterocycles. The number of rotatable bonds is 11. The van der Waals surface area contributed by atoms with Crippen molar-refractivity contribution in [1.29, 1.82) is 0 Å². The van der Waals surface area contributed by atoms with E-state index in [1.165, 1.54) is 15.5 Å². The van der Waals surface area contributed by atoms with Crippen LogP contribution in [-0.4, -0.2) is 99.3 Å². The SMILES string of the molecule is COc1cc(-c2cn(C)c(=O)c3cnccc23)cc(F)c1CN1CCC(OC2CCN(CCn3cccc(CN4CCC(=O)NC4=O)c3=O)CC2)CC1. The molecule has 6 heterocycles. The standard InChI is InChI=1S/C39H46FN7O6/c1-43-24-32(30-5-11-41-22-31(30)38(43)50)27-20-34(40)33(35(21-27)52-2)25-45-15-8-29(9-16-45)53-28-6-13-44(14-7-28)18-19-46-12-3-4-26(37(46)49)23-47-17-10-36(48)42-39(47)51/h3-5,11-12,20-22,24,28-29H,6-10,13-19,23,25H2,1-2H3,(H,42,48,51). The molecule has 0 aliphatic carbocycles. The predicted octanol–water partition coefficient (Wildman–Crippen LogP) is 3.50. The number of methoxy groups -OCH3 is 1. The van der Waals surface area contributed by atoms with E-state index in [1.54, 1.807) is 55.6 Å². The monoisotopic (exact) mass is 727 g/mol. The lowest BCUT2D eigenvalue weighted by atomic mass is 9.98. The molecule has 3 aliphatic heterocycles. The van der Waals surface area contributed by atoms with Crippen molar-refractivity contribution in [2.24, 2.45) is 7.05 Å². The number of imide groups is 1. The molecule has 13 nitrogen and oxygen atoms in total. The van der Waals surface area contributed by atoms with Crippen LogP contribution in [0.1, 0.15) is 43.2 Å². The van der Waals surface area contributed by atoms with Crippen LogP contribution < -0.4 is 21.2 Å². The fraction of sp³-hybridized carbons (Fsp3) is 0.462. The number of benzene rings is 1. The second-order valence-electron chi connectivity index (χ2n) is 14.2. The smallest absolute Gasteiger partial charge is 0.324 e. The summed E-state index contributed by atoms with van der Waals surface area (Å²) in [5, 5.41) is 3.50. The fourth-order valence-corrected chi connectivity index (χ4v) is 7.70. The van der Waals surface area contributed by atoms with Crippen molar-refractivity contribution in [3.63, 3.8) is 0 Å². The average molecular weight is 728 g/mol. The van der Waals surface area contributed by atoms with E-state index in [4.69, 9.17) is 9.47 Å². The van der Waals surface area contributed by atoms with Gasteiger partial charge in [0, 0.05) is 107 Å². The first-order chi connectivity index (χ1) is 25.7. The van der Waals surface area contributed by atoms with E-state index >= 15 is 4.39 Å². The first-order valence-electron chi connectivity index (χ1n) is 18.3. The molecule has 0 unspecified atom stereocenters. The number of fused-ring (bicyclic) bond motifs is 1. The maximum Gasteiger partial charge on any atom is 0.324 e. The van der Waals surface area contributed by atoms with Gasteiger partial charge in [-0.25, -0.2) is 9.18 Å². The summed E-state index contributed by atoms with van der Waals surface area (Å²) < 4.78 is 31.2. The van der Waals surface area contributed by atoms with Crippen molar-refractivity contribution in [2.75, 3.05) is 46.4 Å². The molecule has 4 aromatic rings. The summed E-state index contributed by atoms with van der Waals surface area (Å²) >= 11 is 0. The number of amides is 3. The zero-order chi connectivity index (χ0) is 37.1. The van der Waals surface area contributed by atoms with Gasteiger partial charge in [-0.15, -0.1) is 0 Å². The number of nitrogens with zero attached hydrogens (tertiary/aromatic N) is 6. The highest BCUT2D eigenvalue weighted by atomic mass is 19.1. The molecule has 1 N–H and O–H groups in total. The van der Waals surface area contributed by atoms with Gasteiger partial charge in [0.25, 0.3) is 11.1 Å². The van der Waals surface area contributed by atoms with Crippen LogP contribution in [0.15, 0.2) is 64.7 Å². The number of likely N-dealkylation sites (tertiary alicyclic amines) is 2. The minimum atomic E-state index is -0.461. The summed E-state index contributed by atoms with van der Waals surface area (Å²) in [6, 6.07) is 8.25. The molecule has 14 heteroatoms. The van der Waals surface area contributed by atoms with Crippen LogP contribution in [0.3, 0.4) is 0 Å². The number of nitrogens with one attached hydrogen (secondary N) is 1. The van der Waals surface area contributed by atoms with Gasteiger partial charge in [0.15, 0.2) is 0 Å². The highest BCUT2D eigenvalue weighted by Crippen LogP contribution is 2.34. The third-order valence-corrected chi connectivity index (χ3v) is 10.8. The maximum atomic E-state index is 15.8. The van der Waals surface area contributed by atoms with Crippen LogP contribution in [0.5, 0.6) is 5.75 Å². The Morgan fingerprint density at radius 2 is 1.62 bits per heavy atom. The van der Waals surface area contributed by atoms with Crippen LogP contribution >= 0.6 is 0 Å². The number of urea groups is 1. The lowest BCUT2D eigenvalue weighted by molar-refractivity contribution is -0.121. The number of piperidine rings is 2. The Morgan fingerprint density at radius 3 is 2.34 bits per heavy atom. The normalized spacial score (nSPS) is 18.1. The predicted molar refractivity (Wildman–Crippen MR) is 197 cm³/mol. The van der Waals surface area contributed by atoms with Crippen LogP contribution in [-0.2, 0) is 36.2 Å². The molecule has 0 saturated carbocycles. The molecular formula is C39H46FN7O6. The Kier molecular flexibility index (Phi) is 11.0. The highest BCUT2D eigenvalue weighted by molar-refractivity contribution is 5.97. The fourth-order valence-electron chi connectivity index (χ4n) is 7.70. The zero-order valence-electron chi connectivity index (χ0n) is 30.3. The van der Waals surface area contributed by atoms with Crippen LogP contribution in [0.4, 0.5) is 9.18 Å². The number of ether oxygens (including phenoxy) is 2. The molecule has 0 atom stereocenters. The van der Waals surface area contributed by atoms with Crippen molar-refractivity contribution in [2.45, 2.75) is 63.9 Å². The van der Waals surface area contributed by atoms with Gasteiger partial charge in [0.1, 0.15) is 11.6 Å². The van der Waals surface area contributed by atoms with Gasteiger partial charge >= 0.3 is 6.03 Å². The minimum absolute atomic E-state index is 0.118. The van der Waals surface area contributed by atoms with E-state index in [0.717, 1.165) is 64.0 Å². The van der Waals surface area contributed by atoms with Gasteiger partial charge in [0.05, 0.1) is 31.2 Å². The van der Waals surface area contributed by atoms with E-state index in [9.17, 15) is 19.2 Å². The van der Waals surface area contributed by atoms with Crippen molar-refractivity contribution in [1.82, 2.24) is 34.1 Å². The Balaban J connectivity index is 0.877. The molecule has 0 radical (unpaired) electrons. The average Bonchev–Trinajstić information content (AvgIpc) is 3.16. The van der Waals surface area contributed by atoms with Gasteiger partial charge < -0.3 is 28.4 Å². The van der Waals surface area contributed by atoms with Crippen LogP contribution in [0.25, 0.3) is 21.9 Å². The number of halogens is 1. The summed E-state index contributed by atoms with van der Waals surface area (Å²) in [5.74, 6) is -0.161. The molecule has 3 fully saturated rings. The van der Waals surface area contributed by atoms with E-state index < -0.39 is 6.03 Å². The summed E-state index contributed by atoms with van der Waals surface area (Å²) in [4.78, 5) is 59.6. The molecule has 3 aromatic heterocycles. The van der Waals surface area contributed by atoms with Crippen LogP contribution in [0.2, 0.25) is 0 Å². The second-order valence-corrected chi connectivity index (χ2v) is 14.2. The van der Waals surface area contributed by atoms with Crippen molar-refractivity contribution in [3.8, 4) is 16.9 Å². The molecule has 53 heavy (non-hydrogen) atoms. The Bertz CT molecular complexity index is 2100. The van der Waals surface area contributed by atoms with Crippen molar-refractivity contribution >= 4 is 22.7 Å². The molecular weight excluding hydrogens is 681 g/mol. The van der Waals surface area contributed by atoms with Crippen molar-refractivity contribution in [3.05, 3.63) is 92.8 Å². The second kappa shape index (κ2) is 16.0. The molecule has 1 aromatic carbocycles. The first kappa shape index (κ1) is 36.4. The van der Waals surface area contributed by atoms with E-state index in [2.05, 4.69) is 20.1 Å². The van der Waals surface area contributed by atoms with Gasteiger partial charge in [-0.1, -0.05) is 6.07 Å². The number of hydrogen-bond donors (Lipinski definition) is 1. The summed E-state index contributed by atoms with van der Waals surface area (Å²) in [6.45, 7) is 5.57. The summed E-state index contributed by atoms with van der Waals surface area (Å²) in [7, 11) is 3.23. The number of carbonyl (C=O) groups is 2. The molecule has 3 aliphatic rings. The molecule has 3 amide bonds. The van der Waals surface area contributed by atoms with E-state index in [1.807, 2.05) is 12.1 Å². The quantitative estimate of drug-likeness (QED) is 0.247. The van der Waals surface area contributed by atoms with Crippen LogP contribution in [0, 0.1) is 5.82 Å². The lowest BCUT2D eigenvalue weighted by Crippen LogP contribution is -2.49. The Labute approximate surface area is 306 Å². The number of aromatic nitrogens is 3. The number of pyridine rings is 3. The van der Waals surface area contributed by atoms with Gasteiger partial charge in [0.2, 0.25) is 5.91 Å². The number of hydrogen-bond acceptors (Lipinski definition) is 9. The highest BCUT2D eigenvalue weighted by Gasteiger charge is 2.28. The minimum Gasteiger partial charge on any atom is -0.496 e. The summed E-state index contributed by atoms with van der Waals surface area (Å²) in [5.41, 5.74) is 2.14. The zero-order valence-corrected chi connectivity index (χ0v) is 30.3. The van der Waals surface area contributed by atoms with Gasteiger partial charge in [-0.2, -0.15) is 0 Å². The van der Waals surface area contributed by atoms with E-state index in [0.29, 0.717) is 52.8 Å². The van der Waals surface area contributed by atoms with Crippen molar-refractivity contribution < 1.29 is 23.5 Å². The first-order valence-corrected chi connectivity index (χ1v) is 18.3. The summed E-state index contributed by atoms with van der Waals surface area (Å²) in [6.07, 6.45) is 10.8. The van der Waals surface area contributed by atoms with E-state index in [-0.39, 0.29) is 48.0 Å². The van der Waals surface area contributed by atoms with Gasteiger partial charge in [-0.05, 0) is 60.9 Å².